The molecule has 2 aromatic carbocycles. The molecule has 1 heterocycles. The largest absolute Gasteiger partial charge is 0.368 e. The maximum Gasteiger partial charge on any atom is 0.288 e. The monoisotopic (exact) mass is 441 g/mol. The lowest BCUT2D eigenvalue weighted by atomic mass is 10.1. The molecule has 1 amide bonds. The van der Waals surface area contributed by atoms with Crippen molar-refractivity contribution in [3.63, 3.8) is 0 Å². The quantitative estimate of drug-likeness (QED) is 0.534. The summed E-state index contributed by atoms with van der Waals surface area (Å²) in [6.07, 6.45) is 0.911. The molecule has 0 aliphatic carbocycles. The lowest BCUT2D eigenvalue weighted by Gasteiger charge is -2.36. The Morgan fingerprint density at radius 2 is 1.83 bits per heavy atom. The number of sulfone groups is 1. The fraction of sp³-hybridized carbons (Fsp3) is 0.278. The van der Waals surface area contributed by atoms with E-state index in [0.717, 1.165) is 12.3 Å². The lowest BCUT2D eigenvalue weighted by molar-refractivity contribution is -0.387. The van der Waals surface area contributed by atoms with E-state index in [1.54, 1.807) is 0 Å². The van der Waals surface area contributed by atoms with Crippen LogP contribution in [-0.2, 0) is 9.84 Å². The van der Waals surface area contributed by atoms with E-state index in [-0.39, 0.29) is 28.6 Å². The molecule has 0 radical (unpaired) electrons. The third kappa shape index (κ3) is 4.33. The summed E-state index contributed by atoms with van der Waals surface area (Å²) in [7, 11) is -3.80. The highest BCUT2D eigenvalue weighted by molar-refractivity contribution is 7.90. The second-order valence-electron chi connectivity index (χ2n) is 6.56. The molecule has 0 spiro atoms. The van der Waals surface area contributed by atoms with Crippen LogP contribution in [0, 0.1) is 15.9 Å². The Labute approximate surface area is 171 Å². The average Bonchev–Trinajstić information content (AvgIpc) is 2.66. The van der Waals surface area contributed by atoms with Gasteiger partial charge < -0.3 is 9.80 Å². The van der Waals surface area contributed by atoms with Gasteiger partial charge in [-0.25, -0.2) is 12.8 Å². The number of rotatable bonds is 4. The minimum atomic E-state index is -3.80. The molecular weight excluding hydrogens is 425 g/mol. The van der Waals surface area contributed by atoms with Crippen molar-refractivity contribution in [1.82, 2.24) is 4.90 Å². The Hall–Kier alpha value is -2.72. The topological polar surface area (TPSA) is 101 Å². The maximum absolute atomic E-state index is 14.0. The minimum Gasteiger partial charge on any atom is -0.368 e. The first kappa shape index (κ1) is 21.0. The van der Waals surface area contributed by atoms with Crippen molar-refractivity contribution in [3.05, 3.63) is 62.9 Å². The molecular formula is C18H17ClFN3O5S. The molecule has 0 aromatic heterocycles. The molecule has 0 unspecified atom stereocenters. The van der Waals surface area contributed by atoms with Gasteiger partial charge in [0.15, 0.2) is 9.84 Å². The van der Waals surface area contributed by atoms with Crippen molar-refractivity contribution in [3.8, 4) is 0 Å². The number of piperazine rings is 1. The molecule has 0 N–H and O–H groups in total. The standard InChI is InChI=1S/C18H17ClFN3O5S/c1-29(27,28)16-11-12(5-6-15(16)23(25)26)21-7-9-22(10-8-21)18(24)17-13(19)3-2-4-14(17)20/h2-6,11H,7-10H2,1H3. The predicted molar refractivity (Wildman–Crippen MR) is 106 cm³/mol. The van der Waals surface area contributed by atoms with Gasteiger partial charge >= 0.3 is 0 Å². The van der Waals surface area contributed by atoms with Gasteiger partial charge in [-0.1, -0.05) is 17.7 Å². The van der Waals surface area contributed by atoms with Crippen LogP contribution in [0.2, 0.25) is 5.02 Å². The highest BCUT2D eigenvalue weighted by atomic mass is 35.5. The number of carbonyl (C=O) groups excluding carboxylic acids is 1. The molecule has 1 fully saturated rings. The molecule has 0 atom stereocenters. The smallest absolute Gasteiger partial charge is 0.288 e. The van der Waals surface area contributed by atoms with Gasteiger partial charge in [-0.2, -0.15) is 0 Å². The van der Waals surface area contributed by atoms with E-state index in [1.807, 2.05) is 4.90 Å². The van der Waals surface area contributed by atoms with Crippen molar-refractivity contribution in [2.45, 2.75) is 4.90 Å². The van der Waals surface area contributed by atoms with E-state index in [0.29, 0.717) is 18.8 Å². The number of benzene rings is 2. The minimum absolute atomic E-state index is 0.0330. The molecule has 154 valence electrons. The fourth-order valence-corrected chi connectivity index (χ4v) is 4.28. The zero-order chi connectivity index (χ0) is 21.3. The van der Waals surface area contributed by atoms with Crippen molar-refractivity contribution in [2.75, 3.05) is 37.3 Å². The van der Waals surface area contributed by atoms with E-state index < -0.39 is 32.2 Å². The van der Waals surface area contributed by atoms with Crippen LogP contribution in [0.25, 0.3) is 0 Å². The van der Waals surface area contributed by atoms with E-state index in [9.17, 15) is 27.7 Å². The Bertz CT molecular complexity index is 1060. The van der Waals surface area contributed by atoms with Gasteiger partial charge in [0.25, 0.3) is 11.6 Å². The molecule has 8 nitrogen and oxygen atoms in total. The SMILES string of the molecule is CS(=O)(=O)c1cc(N2CCN(C(=O)c3c(F)cccc3Cl)CC2)ccc1[N+](=O)[O-]. The van der Waals surface area contributed by atoms with Crippen molar-refractivity contribution in [1.29, 1.82) is 0 Å². The summed E-state index contributed by atoms with van der Waals surface area (Å²) in [5.41, 5.74) is -0.177. The number of amides is 1. The number of nitro benzene ring substituents is 1. The summed E-state index contributed by atoms with van der Waals surface area (Å²) in [6, 6.07) is 7.91. The first-order valence-electron chi connectivity index (χ1n) is 8.56. The van der Waals surface area contributed by atoms with E-state index in [1.165, 1.54) is 35.2 Å². The van der Waals surface area contributed by atoms with Gasteiger partial charge in [0, 0.05) is 44.2 Å². The Morgan fingerprint density at radius 1 is 1.17 bits per heavy atom. The molecule has 0 saturated carbocycles. The number of hydrogen-bond acceptors (Lipinski definition) is 6. The van der Waals surface area contributed by atoms with Gasteiger partial charge in [-0.15, -0.1) is 0 Å². The van der Waals surface area contributed by atoms with Crippen LogP contribution in [0.5, 0.6) is 0 Å². The number of carbonyl (C=O) groups is 1. The van der Waals surface area contributed by atoms with Gasteiger partial charge in [-0.05, 0) is 24.3 Å². The average molecular weight is 442 g/mol. The van der Waals surface area contributed by atoms with Crippen LogP contribution in [0.15, 0.2) is 41.3 Å². The lowest BCUT2D eigenvalue weighted by Crippen LogP contribution is -2.49. The maximum atomic E-state index is 14.0. The fourth-order valence-electron chi connectivity index (χ4n) is 3.18. The van der Waals surface area contributed by atoms with Gasteiger partial charge in [-0.3, -0.25) is 14.9 Å². The Balaban J connectivity index is 1.79. The molecule has 11 heteroatoms. The zero-order valence-electron chi connectivity index (χ0n) is 15.3. The van der Waals surface area contributed by atoms with Crippen LogP contribution >= 0.6 is 11.6 Å². The summed E-state index contributed by atoms with van der Waals surface area (Å²) in [4.78, 5) is 25.9. The van der Waals surface area contributed by atoms with Crippen molar-refractivity contribution in [2.24, 2.45) is 0 Å². The van der Waals surface area contributed by atoms with Crippen LogP contribution in [0.1, 0.15) is 10.4 Å². The number of nitrogens with zero attached hydrogens (tertiary/aromatic N) is 3. The van der Waals surface area contributed by atoms with Crippen LogP contribution < -0.4 is 4.90 Å². The van der Waals surface area contributed by atoms with Crippen LogP contribution in [0.4, 0.5) is 15.8 Å². The van der Waals surface area contributed by atoms with E-state index in [4.69, 9.17) is 11.6 Å². The molecule has 1 aliphatic rings. The number of hydrogen-bond donors (Lipinski definition) is 0. The van der Waals surface area contributed by atoms with Gasteiger partial charge in [0.05, 0.1) is 15.5 Å². The number of nitro groups is 1. The molecule has 3 rings (SSSR count). The molecule has 0 bridgehead atoms. The first-order valence-corrected chi connectivity index (χ1v) is 10.8. The second kappa shape index (κ2) is 7.96. The van der Waals surface area contributed by atoms with Gasteiger partial charge in [0.2, 0.25) is 0 Å². The number of anilines is 1. The summed E-state index contributed by atoms with van der Waals surface area (Å²) in [5.74, 6) is -1.22. The summed E-state index contributed by atoms with van der Waals surface area (Å²) in [6.45, 7) is 1.21. The third-order valence-corrected chi connectivity index (χ3v) is 6.09. The highest BCUT2D eigenvalue weighted by Gasteiger charge is 2.28. The molecule has 2 aromatic rings. The second-order valence-corrected chi connectivity index (χ2v) is 8.95. The van der Waals surface area contributed by atoms with E-state index in [2.05, 4.69) is 0 Å². The molecule has 29 heavy (non-hydrogen) atoms. The Kier molecular flexibility index (Phi) is 5.76. The third-order valence-electron chi connectivity index (χ3n) is 4.65. The summed E-state index contributed by atoms with van der Waals surface area (Å²) in [5, 5.41) is 11.1. The normalized spacial score (nSPS) is 14.7. The Morgan fingerprint density at radius 3 is 2.38 bits per heavy atom. The van der Waals surface area contributed by atoms with Crippen LogP contribution in [0.3, 0.4) is 0 Å². The van der Waals surface area contributed by atoms with Gasteiger partial charge in [0.1, 0.15) is 10.7 Å². The summed E-state index contributed by atoms with van der Waals surface area (Å²) < 4.78 is 37.9. The van der Waals surface area contributed by atoms with Crippen molar-refractivity contribution >= 4 is 38.7 Å². The summed E-state index contributed by atoms with van der Waals surface area (Å²) >= 11 is 5.96. The molecule has 1 saturated heterocycles. The van der Waals surface area contributed by atoms with E-state index >= 15 is 0 Å². The first-order chi connectivity index (χ1) is 13.6. The molecule has 1 aliphatic heterocycles. The predicted octanol–water partition coefficient (Wildman–Crippen LogP) is 2.75. The highest BCUT2D eigenvalue weighted by Crippen LogP contribution is 2.30. The van der Waals surface area contributed by atoms with Crippen LogP contribution in [-0.4, -0.2) is 56.6 Å². The van der Waals surface area contributed by atoms with Crippen molar-refractivity contribution < 1.29 is 22.5 Å². The zero-order valence-corrected chi connectivity index (χ0v) is 16.9. The number of halogens is 2.